The summed E-state index contributed by atoms with van der Waals surface area (Å²) in [6, 6.07) is 16.5. The fraction of sp³-hybridized carbons (Fsp3) is 0.182. The van der Waals surface area contributed by atoms with Crippen LogP contribution in [0.25, 0.3) is 5.69 Å². The predicted molar refractivity (Wildman–Crippen MR) is 110 cm³/mol. The molecule has 1 aromatic heterocycles. The lowest BCUT2D eigenvalue weighted by molar-refractivity contribution is 0.0844. The number of carbonyl (C=O) groups excluding carboxylic acids is 2. The summed E-state index contributed by atoms with van der Waals surface area (Å²) in [5.41, 5.74) is 8.29. The zero-order chi connectivity index (χ0) is 21.0. The van der Waals surface area contributed by atoms with Crippen molar-refractivity contribution < 1.29 is 19.1 Å². The van der Waals surface area contributed by atoms with Gasteiger partial charge in [0.05, 0.1) is 25.3 Å². The van der Waals surface area contributed by atoms with Crippen molar-refractivity contribution in [2.75, 3.05) is 14.2 Å². The summed E-state index contributed by atoms with van der Waals surface area (Å²) < 4.78 is 12.5. The number of hydrogen-bond acceptors (Lipinski definition) is 4. The van der Waals surface area contributed by atoms with E-state index in [1.807, 2.05) is 48.7 Å². The van der Waals surface area contributed by atoms with Crippen molar-refractivity contribution in [2.45, 2.75) is 13.8 Å². The molecule has 0 fully saturated rings. The average molecular weight is 393 g/mol. The van der Waals surface area contributed by atoms with Gasteiger partial charge in [-0.05, 0) is 44.2 Å². The van der Waals surface area contributed by atoms with Crippen molar-refractivity contribution in [3.8, 4) is 17.2 Å². The standard InChI is InChI=1S/C22H23N3O4/c1-14-13-18(15(2)25(14)16-9-6-5-7-10-16)22(27)24-23-21(26)17-11-8-12-19(28-3)20(17)29-4/h5-13H,1-4H3,(H,23,26)(H,24,27). The maximum absolute atomic E-state index is 12.7. The molecular formula is C22H23N3O4. The fourth-order valence-electron chi connectivity index (χ4n) is 3.28. The van der Waals surface area contributed by atoms with Crippen molar-refractivity contribution in [1.29, 1.82) is 0 Å². The van der Waals surface area contributed by atoms with Gasteiger partial charge in [0.15, 0.2) is 11.5 Å². The summed E-state index contributed by atoms with van der Waals surface area (Å²) in [4.78, 5) is 25.2. The molecule has 7 heteroatoms. The summed E-state index contributed by atoms with van der Waals surface area (Å²) in [7, 11) is 2.94. The Kier molecular flexibility index (Phi) is 5.87. The molecule has 0 saturated heterocycles. The predicted octanol–water partition coefficient (Wildman–Crippen LogP) is 3.19. The highest BCUT2D eigenvalue weighted by Gasteiger charge is 2.19. The van der Waals surface area contributed by atoms with Crippen molar-refractivity contribution in [3.05, 3.63) is 77.1 Å². The lowest BCUT2D eigenvalue weighted by Crippen LogP contribution is -2.41. The van der Waals surface area contributed by atoms with Crippen molar-refractivity contribution in [2.24, 2.45) is 0 Å². The third-order valence-electron chi connectivity index (χ3n) is 4.63. The quantitative estimate of drug-likeness (QED) is 0.653. The Morgan fingerprint density at radius 2 is 1.48 bits per heavy atom. The van der Waals surface area contributed by atoms with Gasteiger partial charge < -0.3 is 14.0 Å². The van der Waals surface area contributed by atoms with Gasteiger partial charge in [-0.15, -0.1) is 0 Å². The molecule has 2 aromatic carbocycles. The Morgan fingerprint density at radius 3 is 2.10 bits per heavy atom. The molecule has 0 unspecified atom stereocenters. The number of aromatic nitrogens is 1. The molecule has 0 atom stereocenters. The van der Waals surface area contributed by atoms with Gasteiger partial charge in [0, 0.05) is 17.1 Å². The zero-order valence-corrected chi connectivity index (χ0v) is 16.8. The van der Waals surface area contributed by atoms with Crippen LogP contribution in [0.2, 0.25) is 0 Å². The summed E-state index contributed by atoms with van der Waals surface area (Å²) >= 11 is 0. The van der Waals surface area contributed by atoms with E-state index in [1.165, 1.54) is 14.2 Å². The Bertz CT molecular complexity index is 1040. The molecule has 2 N–H and O–H groups in total. The van der Waals surface area contributed by atoms with Gasteiger partial charge >= 0.3 is 0 Å². The molecule has 0 aliphatic heterocycles. The van der Waals surface area contributed by atoms with Crippen LogP contribution < -0.4 is 20.3 Å². The molecule has 0 aliphatic rings. The van der Waals surface area contributed by atoms with E-state index in [9.17, 15) is 9.59 Å². The van der Waals surface area contributed by atoms with Crippen LogP contribution in [0, 0.1) is 13.8 Å². The topological polar surface area (TPSA) is 81.6 Å². The number of amides is 2. The number of rotatable bonds is 5. The van der Waals surface area contributed by atoms with Crippen LogP contribution in [0.3, 0.4) is 0 Å². The Labute approximate surface area is 169 Å². The average Bonchev–Trinajstić information content (AvgIpc) is 3.05. The summed E-state index contributed by atoms with van der Waals surface area (Å²) in [6.07, 6.45) is 0. The summed E-state index contributed by atoms with van der Waals surface area (Å²) in [5, 5.41) is 0. The van der Waals surface area contributed by atoms with E-state index in [0.717, 1.165) is 17.1 Å². The molecule has 0 bridgehead atoms. The smallest absolute Gasteiger partial charge is 0.273 e. The second-order valence-electron chi connectivity index (χ2n) is 6.41. The minimum atomic E-state index is -0.508. The molecular weight excluding hydrogens is 370 g/mol. The molecule has 3 rings (SSSR count). The van der Waals surface area contributed by atoms with Crippen LogP contribution in [-0.2, 0) is 0 Å². The van der Waals surface area contributed by atoms with Crippen LogP contribution in [0.5, 0.6) is 11.5 Å². The number of nitrogens with one attached hydrogen (secondary N) is 2. The van der Waals surface area contributed by atoms with Gasteiger partial charge in [-0.25, -0.2) is 0 Å². The Balaban J connectivity index is 1.78. The molecule has 0 saturated carbocycles. The summed E-state index contributed by atoms with van der Waals surface area (Å²) in [6.45, 7) is 3.79. The highest BCUT2D eigenvalue weighted by molar-refractivity contribution is 6.01. The maximum Gasteiger partial charge on any atom is 0.273 e. The number of methoxy groups -OCH3 is 2. The van der Waals surface area contributed by atoms with E-state index in [0.29, 0.717) is 17.1 Å². The minimum absolute atomic E-state index is 0.252. The molecule has 2 amide bonds. The Hall–Kier alpha value is -3.74. The number of benzene rings is 2. The van der Waals surface area contributed by atoms with E-state index in [-0.39, 0.29) is 5.56 Å². The van der Waals surface area contributed by atoms with Gasteiger partial charge in [0.1, 0.15) is 0 Å². The van der Waals surface area contributed by atoms with Gasteiger partial charge in [0.2, 0.25) is 0 Å². The zero-order valence-electron chi connectivity index (χ0n) is 16.8. The highest BCUT2D eigenvalue weighted by atomic mass is 16.5. The molecule has 7 nitrogen and oxygen atoms in total. The van der Waals surface area contributed by atoms with Gasteiger partial charge in [0.25, 0.3) is 11.8 Å². The molecule has 0 aliphatic carbocycles. The van der Waals surface area contributed by atoms with Crippen LogP contribution in [0.15, 0.2) is 54.6 Å². The van der Waals surface area contributed by atoms with Crippen molar-refractivity contribution >= 4 is 11.8 Å². The monoisotopic (exact) mass is 393 g/mol. The SMILES string of the molecule is COc1cccc(C(=O)NNC(=O)c2cc(C)n(-c3ccccc3)c2C)c1OC. The number of aryl methyl sites for hydroxylation is 1. The first-order valence-electron chi connectivity index (χ1n) is 9.04. The number of nitrogens with zero attached hydrogens (tertiary/aromatic N) is 1. The largest absolute Gasteiger partial charge is 0.493 e. The first-order valence-corrected chi connectivity index (χ1v) is 9.04. The molecule has 1 heterocycles. The van der Waals surface area contributed by atoms with Crippen LogP contribution in [-0.4, -0.2) is 30.6 Å². The van der Waals surface area contributed by atoms with Gasteiger partial charge in [-0.1, -0.05) is 24.3 Å². The normalized spacial score (nSPS) is 10.3. The number of ether oxygens (including phenoxy) is 2. The third kappa shape index (κ3) is 3.94. The van der Waals surface area contributed by atoms with Crippen molar-refractivity contribution in [1.82, 2.24) is 15.4 Å². The first-order chi connectivity index (χ1) is 14.0. The van der Waals surface area contributed by atoms with Crippen LogP contribution in [0.4, 0.5) is 0 Å². The van der Waals surface area contributed by atoms with Gasteiger partial charge in [-0.3, -0.25) is 20.4 Å². The number of carbonyl (C=O) groups is 2. The second-order valence-corrected chi connectivity index (χ2v) is 6.41. The maximum atomic E-state index is 12.7. The molecule has 29 heavy (non-hydrogen) atoms. The highest BCUT2D eigenvalue weighted by Crippen LogP contribution is 2.30. The van der Waals surface area contributed by atoms with E-state index in [4.69, 9.17) is 9.47 Å². The second kappa shape index (κ2) is 8.52. The molecule has 0 radical (unpaired) electrons. The van der Waals surface area contributed by atoms with Crippen LogP contribution >= 0.6 is 0 Å². The van der Waals surface area contributed by atoms with Gasteiger partial charge in [-0.2, -0.15) is 0 Å². The molecule has 0 spiro atoms. The van der Waals surface area contributed by atoms with E-state index in [1.54, 1.807) is 24.3 Å². The van der Waals surface area contributed by atoms with E-state index in [2.05, 4.69) is 10.9 Å². The molecule has 3 aromatic rings. The minimum Gasteiger partial charge on any atom is -0.493 e. The summed E-state index contributed by atoms with van der Waals surface area (Å²) in [5.74, 6) is -0.191. The molecule has 150 valence electrons. The van der Waals surface area contributed by atoms with E-state index >= 15 is 0 Å². The third-order valence-corrected chi connectivity index (χ3v) is 4.63. The lowest BCUT2D eigenvalue weighted by Gasteiger charge is -2.13. The first kappa shape index (κ1) is 20.0. The number of hydrogen-bond donors (Lipinski definition) is 2. The van der Waals surface area contributed by atoms with Crippen molar-refractivity contribution in [3.63, 3.8) is 0 Å². The lowest BCUT2D eigenvalue weighted by atomic mass is 10.1. The fourth-order valence-corrected chi connectivity index (χ4v) is 3.28. The van der Waals surface area contributed by atoms with E-state index < -0.39 is 11.8 Å². The van der Waals surface area contributed by atoms with Crippen LogP contribution in [0.1, 0.15) is 32.1 Å². The number of hydrazine groups is 1. The number of para-hydroxylation sites is 2. The Morgan fingerprint density at radius 1 is 0.828 bits per heavy atom.